The molecule has 2 rings (SSSR count). The summed E-state index contributed by atoms with van der Waals surface area (Å²) in [6.45, 7) is 0.231. The topological polar surface area (TPSA) is 55.1 Å². The molecule has 0 bridgehead atoms. The van der Waals surface area contributed by atoms with Crippen molar-refractivity contribution in [1.82, 2.24) is 9.78 Å². The highest BCUT2D eigenvalue weighted by Crippen LogP contribution is 2.24. The zero-order chi connectivity index (χ0) is 10.1. The predicted octanol–water partition coefficient (Wildman–Crippen LogP) is 0.703. The third-order valence-electron chi connectivity index (χ3n) is 2.42. The number of carboxylic acid groups (broad SMARTS) is 1. The van der Waals surface area contributed by atoms with E-state index in [0.717, 1.165) is 30.5 Å². The molecule has 1 heterocycles. The first-order valence-electron chi connectivity index (χ1n) is 4.49. The molecular formula is C10H10N2O2. The van der Waals surface area contributed by atoms with E-state index in [2.05, 4.69) is 11.0 Å². The summed E-state index contributed by atoms with van der Waals surface area (Å²) in [5.74, 6) is 1.47. The van der Waals surface area contributed by atoms with Crippen LogP contribution in [0.4, 0.5) is 0 Å². The van der Waals surface area contributed by atoms with Crippen molar-refractivity contribution >= 4 is 5.97 Å². The first kappa shape index (κ1) is 8.82. The molecule has 0 spiro atoms. The van der Waals surface area contributed by atoms with Crippen LogP contribution in [0.25, 0.3) is 0 Å². The molecule has 1 aromatic heterocycles. The van der Waals surface area contributed by atoms with Crippen molar-refractivity contribution in [2.24, 2.45) is 0 Å². The van der Waals surface area contributed by atoms with E-state index in [1.165, 1.54) is 4.68 Å². The maximum Gasteiger partial charge on any atom is 0.354 e. The summed E-state index contributed by atoms with van der Waals surface area (Å²) in [5.41, 5.74) is 2.04. The molecular weight excluding hydrogens is 180 g/mol. The molecule has 14 heavy (non-hydrogen) atoms. The van der Waals surface area contributed by atoms with Gasteiger partial charge in [0.05, 0.1) is 5.69 Å². The minimum absolute atomic E-state index is 0.231. The minimum atomic E-state index is -0.934. The van der Waals surface area contributed by atoms with Crippen molar-refractivity contribution in [3.8, 4) is 12.3 Å². The largest absolute Gasteiger partial charge is 0.477 e. The van der Waals surface area contributed by atoms with Crippen LogP contribution in [-0.4, -0.2) is 20.9 Å². The second-order valence-electron chi connectivity index (χ2n) is 3.29. The van der Waals surface area contributed by atoms with Gasteiger partial charge in [0, 0.05) is 5.56 Å². The Labute approximate surface area is 81.5 Å². The van der Waals surface area contributed by atoms with E-state index in [4.69, 9.17) is 11.5 Å². The van der Waals surface area contributed by atoms with Crippen LogP contribution in [0.2, 0.25) is 0 Å². The van der Waals surface area contributed by atoms with Crippen molar-refractivity contribution in [3.63, 3.8) is 0 Å². The Hall–Kier alpha value is -1.76. The molecule has 0 saturated heterocycles. The van der Waals surface area contributed by atoms with Gasteiger partial charge in [0.1, 0.15) is 6.54 Å². The Balaban J connectivity index is 2.52. The lowest BCUT2D eigenvalue weighted by atomic mass is 10.2. The lowest BCUT2D eigenvalue weighted by molar-refractivity contribution is 0.0683. The van der Waals surface area contributed by atoms with Crippen molar-refractivity contribution in [1.29, 1.82) is 0 Å². The number of aryl methyl sites for hydroxylation is 1. The number of hydrogen-bond acceptors (Lipinski definition) is 2. The second-order valence-corrected chi connectivity index (χ2v) is 3.29. The smallest absolute Gasteiger partial charge is 0.354 e. The fourth-order valence-corrected chi connectivity index (χ4v) is 1.89. The number of aromatic carboxylic acids is 1. The minimum Gasteiger partial charge on any atom is -0.477 e. The van der Waals surface area contributed by atoms with Crippen molar-refractivity contribution in [2.75, 3.05) is 0 Å². The average molecular weight is 190 g/mol. The van der Waals surface area contributed by atoms with E-state index in [0.29, 0.717) is 0 Å². The molecule has 0 aliphatic heterocycles. The SMILES string of the molecule is C#CCn1nc2c(c1C(=O)O)CCC2. The molecule has 0 radical (unpaired) electrons. The van der Waals surface area contributed by atoms with Crippen molar-refractivity contribution in [2.45, 2.75) is 25.8 Å². The molecule has 1 aliphatic carbocycles. The number of fused-ring (bicyclic) bond motifs is 1. The van der Waals surface area contributed by atoms with Gasteiger partial charge in [0.2, 0.25) is 0 Å². The molecule has 4 nitrogen and oxygen atoms in total. The van der Waals surface area contributed by atoms with Crippen LogP contribution in [-0.2, 0) is 19.4 Å². The summed E-state index contributed by atoms with van der Waals surface area (Å²) in [5, 5.41) is 13.2. The lowest BCUT2D eigenvalue weighted by Crippen LogP contribution is -2.11. The molecule has 0 amide bonds. The molecule has 0 atom stereocenters. The fourth-order valence-electron chi connectivity index (χ4n) is 1.89. The van der Waals surface area contributed by atoms with Gasteiger partial charge in [-0.05, 0) is 19.3 Å². The summed E-state index contributed by atoms with van der Waals surface area (Å²) >= 11 is 0. The normalized spacial score (nSPS) is 13.6. The molecule has 1 N–H and O–H groups in total. The highest BCUT2D eigenvalue weighted by Gasteiger charge is 2.25. The van der Waals surface area contributed by atoms with E-state index in [1.54, 1.807) is 0 Å². The predicted molar refractivity (Wildman–Crippen MR) is 50.0 cm³/mol. The molecule has 1 aromatic rings. The van der Waals surface area contributed by atoms with Crippen LogP contribution in [0.15, 0.2) is 0 Å². The maximum absolute atomic E-state index is 11.0. The van der Waals surface area contributed by atoms with E-state index in [1.807, 2.05) is 0 Å². The fraction of sp³-hybridized carbons (Fsp3) is 0.400. The Kier molecular flexibility index (Phi) is 2.01. The Morgan fingerprint density at radius 2 is 2.43 bits per heavy atom. The number of nitrogens with zero attached hydrogens (tertiary/aromatic N) is 2. The third-order valence-corrected chi connectivity index (χ3v) is 2.42. The Morgan fingerprint density at radius 1 is 1.64 bits per heavy atom. The molecule has 1 aliphatic rings. The van der Waals surface area contributed by atoms with Crippen LogP contribution >= 0.6 is 0 Å². The van der Waals surface area contributed by atoms with Crippen LogP contribution in [0.3, 0.4) is 0 Å². The Morgan fingerprint density at radius 3 is 3.07 bits per heavy atom. The Bertz CT molecular complexity index is 426. The van der Waals surface area contributed by atoms with E-state index < -0.39 is 5.97 Å². The summed E-state index contributed by atoms with van der Waals surface area (Å²) in [4.78, 5) is 11.0. The number of hydrogen-bond donors (Lipinski definition) is 1. The van der Waals surface area contributed by atoms with Gasteiger partial charge in [-0.3, -0.25) is 0 Å². The number of rotatable bonds is 2. The van der Waals surface area contributed by atoms with Gasteiger partial charge in [0.15, 0.2) is 5.69 Å². The van der Waals surface area contributed by atoms with Crippen LogP contribution in [0.5, 0.6) is 0 Å². The van der Waals surface area contributed by atoms with E-state index in [9.17, 15) is 4.79 Å². The van der Waals surface area contributed by atoms with Crippen molar-refractivity contribution < 1.29 is 9.90 Å². The number of aromatic nitrogens is 2. The van der Waals surface area contributed by atoms with Gasteiger partial charge in [0.25, 0.3) is 0 Å². The average Bonchev–Trinajstić information content (AvgIpc) is 2.62. The standard InChI is InChI=1S/C10H10N2O2/c1-2-6-12-9(10(13)14)7-4-3-5-8(7)11-12/h1H,3-6H2,(H,13,14). The number of carbonyl (C=O) groups is 1. The van der Waals surface area contributed by atoms with Crippen LogP contribution < -0.4 is 0 Å². The van der Waals surface area contributed by atoms with Crippen LogP contribution in [0.1, 0.15) is 28.2 Å². The molecule has 4 heteroatoms. The van der Waals surface area contributed by atoms with Gasteiger partial charge in [-0.15, -0.1) is 6.42 Å². The zero-order valence-corrected chi connectivity index (χ0v) is 7.66. The molecule has 0 aromatic carbocycles. The lowest BCUT2D eigenvalue weighted by Gasteiger charge is -2.00. The van der Waals surface area contributed by atoms with Gasteiger partial charge in [-0.1, -0.05) is 5.92 Å². The summed E-state index contributed by atoms with van der Waals surface area (Å²) in [6, 6.07) is 0. The van der Waals surface area contributed by atoms with Gasteiger partial charge >= 0.3 is 5.97 Å². The summed E-state index contributed by atoms with van der Waals surface area (Å²) < 4.78 is 1.41. The van der Waals surface area contributed by atoms with Crippen molar-refractivity contribution in [3.05, 3.63) is 17.0 Å². The zero-order valence-electron chi connectivity index (χ0n) is 7.66. The number of carboxylic acids is 1. The quantitative estimate of drug-likeness (QED) is 0.698. The van der Waals surface area contributed by atoms with Gasteiger partial charge < -0.3 is 5.11 Å². The van der Waals surface area contributed by atoms with E-state index in [-0.39, 0.29) is 12.2 Å². The summed E-state index contributed by atoms with van der Waals surface area (Å²) in [7, 11) is 0. The van der Waals surface area contributed by atoms with Crippen LogP contribution in [0, 0.1) is 12.3 Å². The second kappa shape index (κ2) is 3.18. The van der Waals surface area contributed by atoms with E-state index >= 15 is 0 Å². The molecule has 0 unspecified atom stereocenters. The highest BCUT2D eigenvalue weighted by molar-refractivity contribution is 5.88. The monoisotopic (exact) mass is 190 g/mol. The van der Waals surface area contributed by atoms with Gasteiger partial charge in [-0.25, -0.2) is 9.48 Å². The highest BCUT2D eigenvalue weighted by atomic mass is 16.4. The van der Waals surface area contributed by atoms with Gasteiger partial charge in [-0.2, -0.15) is 5.10 Å². The first-order valence-corrected chi connectivity index (χ1v) is 4.49. The number of terminal acetylenes is 1. The third kappa shape index (κ3) is 1.18. The maximum atomic E-state index is 11.0. The molecule has 0 fully saturated rings. The molecule has 0 saturated carbocycles. The molecule has 72 valence electrons. The summed E-state index contributed by atoms with van der Waals surface area (Å²) in [6.07, 6.45) is 7.81. The first-order chi connectivity index (χ1) is 6.74.